The van der Waals surface area contributed by atoms with Gasteiger partial charge < -0.3 is 15.2 Å². The predicted molar refractivity (Wildman–Crippen MR) is 75.4 cm³/mol. The first-order valence-corrected chi connectivity index (χ1v) is 6.16. The average molecular weight is 316 g/mol. The number of amides is 1. The van der Waals surface area contributed by atoms with Gasteiger partial charge in [0.25, 0.3) is 5.91 Å². The van der Waals surface area contributed by atoms with Crippen molar-refractivity contribution in [3.63, 3.8) is 0 Å². The third-order valence-corrected chi connectivity index (χ3v) is 2.95. The van der Waals surface area contributed by atoms with Gasteiger partial charge in [-0.05, 0) is 12.1 Å². The Morgan fingerprint density at radius 3 is 2.40 bits per heavy atom. The fraction of sp³-hybridized carbons (Fsp3) is 0.231. The van der Waals surface area contributed by atoms with Crippen molar-refractivity contribution in [1.82, 2.24) is 5.32 Å². The monoisotopic (exact) mass is 315 g/mol. The molecule has 1 aromatic rings. The number of hydrogen-bond acceptors (Lipinski definition) is 3. The lowest BCUT2D eigenvalue weighted by molar-refractivity contribution is -0.139. The summed E-state index contributed by atoms with van der Waals surface area (Å²) in [4.78, 5) is 22.8. The molecule has 0 aliphatic heterocycles. The van der Waals surface area contributed by atoms with E-state index < -0.39 is 17.9 Å². The number of carboxylic acid groups (broad SMARTS) is 1. The van der Waals surface area contributed by atoms with E-state index in [0.29, 0.717) is 0 Å². The minimum Gasteiger partial charge on any atom is -0.494 e. The zero-order chi connectivity index (χ0) is 15.3. The first kappa shape index (κ1) is 16.2. The minimum atomic E-state index is -1.22. The van der Waals surface area contributed by atoms with Crippen molar-refractivity contribution in [2.45, 2.75) is 12.5 Å². The van der Waals surface area contributed by atoms with Gasteiger partial charge in [0.1, 0.15) is 6.04 Å². The van der Waals surface area contributed by atoms with E-state index in [-0.39, 0.29) is 27.8 Å². The highest BCUT2D eigenvalue weighted by Crippen LogP contribution is 2.33. The number of carbonyl (C=O) groups excluding carboxylic acids is 1. The first-order valence-electron chi connectivity index (χ1n) is 5.40. The minimum absolute atomic E-state index is 0.115. The summed E-state index contributed by atoms with van der Waals surface area (Å²) in [6.45, 7) is 0. The summed E-state index contributed by atoms with van der Waals surface area (Å²) in [6.07, 6.45) is 4.92. The summed E-state index contributed by atoms with van der Waals surface area (Å²) >= 11 is 11.8. The quantitative estimate of drug-likeness (QED) is 0.817. The average Bonchev–Trinajstić information content (AvgIpc) is 2.37. The molecular weight excluding hydrogens is 305 g/mol. The molecule has 0 aromatic heterocycles. The van der Waals surface area contributed by atoms with Crippen LogP contribution in [0.5, 0.6) is 5.75 Å². The summed E-state index contributed by atoms with van der Waals surface area (Å²) in [5.74, 6) is 0.558. The summed E-state index contributed by atoms with van der Waals surface area (Å²) in [5, 5.41) is 11.5. The second-order valence-corrected chi connectivity index (χ2v) is 4.56. The maximum Gasteiger partial charge on any atom is 0.327 e. The van der Waals surface area contributed by atoms with Crippen molar-refractivity contribution < 1.29 is 19.4 Å². The van der Waals surface area contributed by atoms with E-state index in [2.05, 4.69) is 11.2 Å². The highest BCUT2D eigenvalue weighted by atomic mass is 35.5. The number of rotatable bonds is 5. The van der Waals surface area contributed by atoms with Crippen LogP contribution in [0, 0.1) is 12.3 Å². The molecule has 2 N–H and O–H groups in total. The van der Waals surface area contributed by atoms with Gasteiger partial charge in [-0.15, -0.1) is 12.3 Å². The van der Waals surface area contributed by atoms with Crippen LogP contribution in [0.2, 0.25) is 10.0 Å². The topological polar surface area (TPSA) is 75.6 Å². The van der Waals surface area contributed by atoms with Crippen molar-refractivity contribution in [3.8, 4) is 18.1 Å². The number of hydrogen-bond donors (Lipinski definition) is 2. The lowest BCUT2D eigenvalue weighted by atomic mass is 10.1. The van der Waals surface area contributed by atoms with E-state index in [9.17, 15) is 9.59 Å². The number of carboxylic acids is 1. The Morgan fingerprint density at radius 2 is 2.00 bits per heavy atom. The second-order valence-electron chi connectivity index (χ2n) is 3.75. The van der Waals surface area contributed by atoms with Crippen LogP contribution >= 0.6 is 23.2 Å². The van der Waals surface area contributed by atoms with E-state index in [0.717, 1.165) is 0 Å². The van der Waals surface area contributed by atoms with Gasteiger partial charge in [0.15, 0.2) is 5.75 Å². The zero-order valence-corrected chi connectivity index (χ0v) is 12.0. The SMILES string of the molecule is C#CCC(NC(=O)c1cc(Cl)c(OC)c(Cl)c1)C(=O)O. The molecule has 1 aromatic carbocycles. The Balaban J connectivity index is 2.98. The molecule has 1 rings (SSSR count). The molecule has 0 radical (unpaired) electrons. The lowest BCUT2D eigenvalue weighted by Gasteiger charge is -2.13. The van der Waals surface area contributed by atoms with E-state index in [1.54, 1.807) is 0 Å². The largest absolute Gasteiger partial charge is 0.494 e. The van der Waals surface area contributed by atoms with Gasteiger partial charge >= 0.3 is 5.97 Å². The van der Waals surface area contributed by atoms with Crippen LogP contribution in [-0.2, 0) is 4.79 Å². The van der Waals surface area contributed by atoms with Gasteiger partial charge in [0.05, 0.1) is 17.2 Å². The number of nitrogens with one attached hydrogen (secondary N) is 1. The number of terminal acetylenes is 1. The van der Waals surface area contributed by atoms with Crippen LogP contribution in [0.3, 0.4) is 0 Å². The maximum atomic E-state index is 11.9. The van der Waals surface area contributed by atoms with E-state index >= 15 is 0 Å². The number of aliphatic carboxylic acids is 1. The standard InChI is InChI=1S/C13H11Cl2NO4/c1-3-4-10(13(18)19)16-12(17)7-5-8(14)11(20-2)9(15)6-7/h1,5-6,10H,4H2,2H3,(H,16,17)(H,18,19). The third kappa shape index (κ3) is 3.80. The fourth-order valence-electron chi connectivity index (χ4n) is 1.45. The normalized spacial score (nSPS) is 11.3. The second kappa shape index (κ2) is 7.04. The molecule has 1 unspecified atom stereocenters. The molecule has 0 aliphatic carbocycles. The van der Waals surface area contributed by atoms with Gasteiger partial charge in [-0.25, -0.2) is 4.79 Å². The summed E-state index contributed by atoms with van der Waals surface area (Å²) < 4.78 is 4.95. The van der Waals surface area contributed by atoms with Crippen molar-refractivity contribution in [2.24, 2.45) is 0 Å². The molecule has 0 saturated carbocycles. The molecular formula is C13H11Cl2NO4. The molecule has 0 fully saturated rings. The van der Waals surface area contributed by atoms with Crippen LogP contribution in [0.15, 0.2) is 12.1 Å². The molecule has 0 spiro atoms. The zero-order valence-electron chi connectivity index (χ0n) is 10.4. The Bertz CT molecular complexity index is 557. The molecule has 20 heavy (non-hydrogen) atoms. The number of methoxy groups -OCH3 is 1. The van der Waals surface area contributed by atoms with Crippen LogP contribution in [-0.4, -0.2) is 30.1 Å². The molecule has 0 bridgehead atoms. The molecule has 1 amide bonds. The molecule has 1 atom stereocenters. The Hall–Kier alpha value is -1.90. The molecule has 5 nitrogen and oxygen atoms in total. The summed E-state index contributed by atoms with van der Waals surface area (Å²) in [5.41, 5.74) is 0.115. The van der Waals surface area contributed by atoms with E-state index in [1.165, 1.54) is 19.2 Å². The summed E-state index contributed by atoms with van der Waals surface area (Å²) in [7, 11) is 1.39. The van der Waals surface area contributed by atoms with Crippen LogP contribution in [0.1, 0.15) is 16.8 Å². The molecule has 106 valence electrons. The Morgan fingerprint density at radius 1 is 1.45 bits per heavy atom. The van der Waals surface area contributed by atoms with Crippen molar-refractivity contribution >= 4 is 35.1 Å². The van der Waals surface area contributed by atoms with Gasteiger partial charge in [0.2, 0.25) is 0 Å². The van der Waals surface area contributed by atoms with E-state index in [4.69, 9.17) is 39.5 Å². The maximum absolute atomic E-state index is 11.9. The van der Waals surface area contributed by atoms with Gasteiger partial charge in [-0.3, -0.25) is 4.79 Å². The summed E-state index contributed by atoms with van der Waals surface area (Å²) in [6, 6.07) is 1.49. The Kier molecular flexibility index (Phi) is 5.68. The highest BCUT2D eigenvalue weighted by Gasteiger charge is 2.21. The first-order chi connectivity index (χ1) is 9.40. The van der Waals surface area contributed by atoms with Crippen molar-refractivity contribution in [3.05, 3.63) is 27.7 Å². The van der Waals surface area contributed by atoms with Crippen molar-refractivity contribution in [2.75, 3.05) is 7.11 Å². The number of ether oxygens (including phenoxy) is 1. The van der Waals surface area contributed by atoms with Gasteiger partial charge in [0, 0.05) is 12.0 Å². The van der Waals surface area contributed by atoms with Gasteiger partial charge in [-0.1, -0.05) is 23.2 Å². The molecule has 7 heteroatoms. The number of halogens is 2. The third-order valence-electron chi connectivity index (χ3n) is 2.39. The fourth-order valence-corrected chi connectivity index (χ4v) is 2.09. The number of carbonyl (C=O) groups is 2. The molecule has 0 saturated heterocycles. The smallest absolute Gasteiger partial charge is 0.327 e. The lowest BCUT2D eigenvalue weighted by Crippen LogP contribution is -2.40. The van der Waals surface area contributed by atoms with Crippen molar-refractivity contribution in [1.29, 1.82) is 0 Å². The van der Waals surface area contributed by atoms with Gasteiger partial charge in [-0.2, -0.15) is 0 Å². The highest BCUT2D eigenvalue weighted by molar-refractivity contribution is 6.37. The van der Waals surface area contributed by atoms with Crippen LogP contribution in [0.4, 0.5) is 0 Å². The Labute approximate surface area is 125 Å². The molecule has 0 aliphatic rings. The van der Waals surface area contributed by atoms with E-state index in [1.807, 2.05) is 0 Å². The molecule has 0 heterocycles. The number of benzene rings is 1. The predicted octanol–water partition coefficient (Wildman–Crippen LogP) is 2.21. The van der Waals surface area contributed by atoms with Crippen LogP contribution in [0.25, 0.3) is 0 Å². The van der Waals surface area contributed by atoms with Crippen LogP contribution < -0.4 is 10.1 Å².